The van der Waals surface area contributed by atoms with Gasteiger partial charge in [0, 0.05) is 37.4 Å². The SMILES string of the molecule is Cc1ccccc1N1CCN(C(=S)c2ccccc2Cl)CC1. The first-order valence-corrected chi connectivity index (χ1v) is 8.30. The fraction of sp³-hybridized carbons (Fsp3) is 0.278. The number of benzene rings is 2. The van der Waals surface area contributed by atoms with E-state index in [1.807, 2.05) is 24.3 Å². The predicted molar refractivity (Wildman–Crippen MR) is 98.1 cm³/mol. The summed E-state index contributed by atoms with van der Waals surface area (Å²) in [6, 6.07) is 16.4. The van der Waals surface area contributed by atoms with Gasteiger partial charge in [0.25, 0.3) is 0 Å². The van der Waals surface area contributed by atoms with Gasteiger partial charge in [0.2, 0.25) is 0 Å². The third-order valence-electron chi connectivity index (χ3n) is 4.13. The Hall–Kier alpha value is -1.58. The summed E-state index contributed by atoms with van der Waals surface area (Å²) in [4.78, 5) is 5.54. The molecule has 1 aliphatic heterocycles. The van der Waals surface area contributed by atoms with Crippen LogP contribution >= 0.6 is 23.8 Å². The molecule has 0 spiro atoms. The summed E-state index contributed by atoms with van der Waals surface area (Å²) in [5, 5.41) is 0.730. The van der Waals surface area contributed by atoms with E-state index in [-0.39, 0.29) is 0 Å². The van der Waals surface area contributed by atoms with Gasteiger partial charge in [-0.25, -0.2) is 0 Å². The molecule has 1 saturated heterocycles. The Balaban J connectivity index is 1.68. The van der Waals surface area contributed by atoms with Gasteiger partial charge in [0.05, 0.1) is 5.02 Å². The molecule has 0 aliphatic carbocycles. The molecule has 0 amide bonds. The molecule has 1 heterocycles. The first-order valence-electron chi connectivity index (χ1n) is 7.51. The number of anilines is 1. The number of halogens is 1. The highest BCUT2D eigenvalue weighted by molar-refractivity contribution is 7.80. The van der Waals surface area contributed by atoms with Crippen LogP contribution in [-0.2, 0) is 0 Å². The first-order chi connectivity index (χ1) is 10.7. The van der Waals surface area contributed by atoms with Crippen LogP contribution in [0.25, 0.3) is 0 Å². The molecular formula is C18H19ClN2S. The Kier molecular flexibility index (Phi) is 4.65. The molecule has 3 rings (SSSR count). The minimum absolute atomic E-state index is 0.730. The highest BCUT2D eigenvalue weighted by atomic mass is 35.5. The normalized spacial score (nSPS) is 15.0. The number of aryl methyl sites for hydroxylation is 1. The number of rotatable bonds is 2. The maximum absolute atomic E-state index is 6.26. The molecule has 0 N–H and O–H groups in total. The molecule has 4 heteroatoms. The van der Waals surface area contributed by atoms with Crippen molar-refractivity contribution in [3.8, 4) is 0 Å². The van der Waals surface area contributed by atoms with Crippen molar-refractivity contribution in [3.63, 3.8) is 0 Å². The zero-order valence-corrected chi connectivity index (χ0v) is 14.2. The van der Waals surface area contributed by atoms with E-state index in [1.165, 1.54) is 11.3 Å². The van der Waals surface area contributed by atoms with Crippen molar-refractivity contribution < 1.29 is 0 Å². The summed E-state index contributed by atoms with van der Waals surface area (Å²) in [6.07, 6.45) is 0. The summed E-state index contributed by atoms with van der Waals surface area (Å²) in [5.74, 6) is 0. The van der Waals surface area contributed by atoms with Gasteiger partial charge in [-0.1, -0.05) is 60.2 Å². The Bertz CT molecular complexity index is 678. The van der Waals surface area contributed by atoms with Crippen molar-refractivity contribution >= 4 is 34.5 Å². The second kappa shape index (κ2) is 6.67. The summed E-state index contributed by atoms with van der Waals surface area (Å²) in [5.41, 5.74) is 3.61. The van der Waals surface area contributed by atoms with Crippen LogP contribution in [0.5, 0.6) is 0 Å². The van der Waals surface area contributed by atoms with Gasteiger partial charge in [-0.05, 0) is 24.6 Å². The molecule has 22 heavy (non-hydrogen) atoms. The van der Waals surface area contributed by atoms with Gasteiger partial charge in [-0.15, -0.1) is 0 Å². The summed E-state index contributed by atoms with van der Waals surface area (Å²) in [7, 11) is 0. The third kappa shape index (κ3) is 3.11. The van der Waals surface area contributed by atoms with Gasteiger partial charge in [-0.3, -0.25) is 0 Å². The highest BCUT2D eigenvalue weighted by Crippen LogP contribution is 2.23. The lowest BCUT2D eigenvalue weighted by Gasteiger charge is -2.38. The van der Waals surface area contributed by atoms with Gasteiger partial charge < -0.3 is 9.80 Å². The number of nitrogens with zero attached hydrogens (tertiary/aromatic N) is 2. The number of hydrogen-bond acceptors (Lipinski definition) is 2. The van der Waals surface area contributed by atoms with Crippen LogP contribution in [0.4, 0.5) is 5.69 Å². The summed E-state index contributed by atoms with van der Waals surface area (Å²) >= 11 is 11.9. The Morgan fingerprint density at radius 1 is 0.955 bits per heavy atom. The van der Waals surface area contributed by atoms with Gasteiger partial charge in [-0.2, -0.15) is 0 Å². The molecule has 2 aromatic rings. The van der Waals surface area contributed by atoms with Crippen molar-refractivity contribution in [1.29, 1.82) is 0 Å². The Morgan fingerprint density at radius 3 is 2.27 bits per heavy atom. The van der Waals surface area contributed by atoms with Crippen molar-refractivity contribution in [2.75, 3.05) is 31.1 Å². The standard InChI is InChI=1S/C18H19ClN2S/c1-14-6-2-5-9-17(14)20-10-12-21(13-11-20)18(22)15-7-3-4-8-16(15)19/h2-9H,10-13H2,1H3. The number of para-hydroxylation sites is 1. The maximum atomic E-state index is 6.26. The lowest BCUT2D eigenvalue weighted by atomic mass is 10.1. The number of hydrogen-bond donors (Lipinski definition) is 0. The zero-order valence-electron chi connectivity index (χ0n) is 12.6. The largest absolute Gasteiger partial charge is 0.368 e. The minimum atomic E-state index is 0.730. The van der Waals surface area contributed by atoms with E-state index >= 15 is 0 Å². The minimum Gasteiger partial charge on any atom is -0.368 e. The molecule has 114 valence electrons. The smallest absolute Gasteiger partial charge is 0.110 e. The molecule has 0 aromatic heterocycles. The van der Waals surface area contributed by atoms with Crippen molar-refractivity contribution in [2.24, 2.45) is 0 Å². The highest BCUT2D eigenvalue weighted by Gasteiger charge is 2.21. The summed E-state index contributed by atoms with van der Waals surface area (Å²) < 4.78 is 0. The molecule has 0 bridgehead atoms. The molecule has 0 atom stereocenters. The lowest BCUT2D eigenvalue weighted by molar-refractivity contribution is 0.392. The van der Waals surface area contributed by atoms with Crippen LogP contribution < -0.4 is 4.90 Å². The average molecular weight is 331 g/mol. The van der Waals surface area contributed by atoms with E-state index in [2.05, 4.69) is 41.0 Å². The quantitative estimate of drug-likeness (QED) is 0.764. The first kappa shape index (κ1) is 15.3. The monoisotopic (exact) mass is 330 g/mol. The van der Waals surface area contributed by atoms with E-state index in [0.29, 0.717) is 0 Å². The van der Waals surface area contributed by atoms with E-state index in [1.54, 1.807) is 0 Å². The fourth-order valence-electron chi connectivity index (χ4n) is 2.87. The van der Waals surface area contributed by atoms with Crippen molar-refractivity contribution in [3.05, 3.63) is 64.7 Å². The molecule has 2 nitrogen and oxygen atoms in total. The Morgan fingerprint density at radius 2 is 1.59 bits per heavy atom. The van der Waals surface area contributed by atoms with Gasteiger partial charge >= 0.3 is 0 Å². The second-order valence-electron chi connectivity index (χ2n) is 5.55. The van der Waals surface area contributed by atoms with E-state index in [0.717, 1.165) is 41.8 Å². The van der Waals surface area contributed by atoms with Crippen LogP contribution in [0.1, 0.15) is 11.1 Å². The van der Waals surface area contributed by atoms with E-state index in [4.69, 9.17) is 23.8 Å². The Labute approximate surface area is 142 Å². The molecule has 1 fully saturated rings. The summed E-state index contributed by atoms with van der Waals surface area (Å²) in [6.45, 7) is 5.98. The van der Waals surface area contributed by atoms with E-state index < -0.39 is 0 Å². The number of piperazine rings is 1. The zero-order chi connectivity index (χ0) is 15.5. The van der Waals surface area contributed by atoms with Crippen LogP contribution in [0, 0.1) is 6.92 Å². The van der Waals surface area contributed by atoms with Gasteiger partial charge in [0.15, 0.2) is 0 Å². The second-order valence-corrected chi connectivity index (χ2v) is 6.34. The van der Waals surface area contributed by atoms with Crippen molar-refractivity contribution in [1.82, 2.24) is 4.90 Å². The molecule has 0 unspecified atom stereocenters. The number of thiocarbonyl (C=S) groups is 1. The third-order valence-corrected chi connectivity index (χ3v) is 4.93. The predicted octanol–water partition coefficient (Wildman–Crippen LogP) is 4.15. The molecule has 0 saturated carbocycles. The van der Waals surface area contributed by atoms with Crippen LogP contribution in [0.3, 0.4) is 0 Å². The molecular weight excluding hydrogens is 312 g/mol. The van der Waals surface area contributed by atoms with E-state index in [9.17, 15) is 0 Å². The fourth-order valence-corrected chi connectivity index (χ4v) is 3.52. The molecule has 0 radical (unpaired) electrons. The van der Waals surface area contributed by atoms with Crippen molar-refractivity contribution in [2.45, 2.75) is 6.92 Å². The molecule has 2 aromatic carbocycles. The maximum Gasteiger partial charge on any atom is 0.110 e. The van der Waals surface area contributed by atoms with Crippen LogP contribution in [0.15, 0.2) is 48.5 Å². The lowest BCUT2D eigenvalue weighted by Crippen LogP contribution is -2.48. The molecule has 1 aliphatic rings. The van der Waals surface area contributed by atoms with Crippen LogP contribution in [-0.4, -0.2) is 36.1 Å². The topological polar surface area (TPSA) is 6.48 Å². The van der Waals surface area contributed by atoms with Gasteiger partial charge in [0.1, 0.15) is 4.99 Å². The average Bonchev–Trinajstić information content (AvgIpc) is 2.55. The van der Waals surface area contributed by atoms with Crippen LogP contribution in [0.2, 0.25) is 5.02 Å².